The summed E-state index contributed by atoms with van der Waals surface area (Å²) in [5, 5.41) is 18.2. The van der Waals surface area contributed by atoms with Gasteiger partial charge in [-0.2, -0.15) is 0 Å². The molecule has 0 bridgehead atoms. The van der Waals surface area contributed by atoms with Gasteiger partial charge in [0.15, 0.2) is 0 Å². The number of aliphatic hydroxyl groups is 2. The van der Waals surface area contributed by atoms with E-state index in [0.717, 1.165) is 0 Å². The number of aliphatic hydroxyl groups excluding tert-OH is 2. The molecule has 0 aliphatic carbocycles. The third-order valence-corrected chi connectivity index (χ3v) is 2.93. The summed E-state index contributed by atoms with van der Waals surface area (Å²) in [5.41, 5.74) is -0.153. The Labute approximate surface area is 90.9 Å². The summed E-state index contributed by atoms with van der Waals surface area (Å²) < 4.78 is 0. The standard InChI is InChI=1S/C11H21NO3/c1-11(2,4-6-13)7-10(15)12-5-3-9(14)8-12/h9,13-14H,3-8H2,1-2H3/t9-/m1/s1. The summed E-state index contributed by atoms with van der Waals surface area (Å²) in [6, 6.07) is 0. The van der Waals surface area contributed by atoms with Crippen molar-refractivity contribution in [2.45, 2.75) is 39.2 Å². The van der Waals surface area contributed by atoms with E-state index in [1.54, 1.807) is 4.90 Å². The number of nitrogens with zero attached hydrogens (tertiary/aromatic N) is 1. The smallest absolute Gasteiger partial charge is 0.223 e. The fourth-order valence-corrected chi connectivity index (χ4v) is 1.88. The quantitative estimate of drug-likeness (QED) is 0.712. The molecule has 15 heavy (non-hydrogen) atoms. The zero-order valence-electron chi connectivity index (χ0n) is 9.57. The molecule has 0 aromatic carbocycles. The highest BCUT2D eigenvalue weighted by Crippen LogP contribution is 2.26. The Bertz CT molecular complexity index is 228. The molecule has 0 unspecified atom stereocenters. The maximum atomic E-state index is 11.8. The van der Waals surface area contributed by atoms with Crippen molar-refractivity contribution in [3.05, 3.63) is 0 Å². The van der Waals surface area contributed by atoms with E-state index >= 15 is 0 Å². The molecule has 1 rings (SSSR count). The number of likely N-dealkylation sites (tertiary alicyclic amines) is 1. The molecule has 1 saturated heterocycles. The number of amides is 1. The number of hydrogen-bond donors (Lipinski definition) is 2. The highest BCUT2D eigenvalue weighted by molar-refractivity contribution is 5.77. The van der Waals surface area contributed by atoms with E-state index in [1.807, 2.05) is 13.8 Å². The molecule has 0 spiro atoms. The van der Waals surface area contributed by atoms with Crippen LogP contribution in [0.1, 0.15) is 33.1 Å². The van der Waals surface area contributed by atoms with Gasteiger partial charge in [-0.25, -0.2) is 0 Å². The van der Waals surface area contributed by atoms with E-state index < -0.39 is 0 Å². The number of carbonyl (C=O) groups is 1. The van der Waals surface area contributed by atoms with Crippen LogP contribution in [0.25, 0.3) is 0 Å². The number of hydrogen-bond acceptors (Lipinski definition) is 3. The first-order chi connectivity index (χ1) is 6.94. The van der Waals surface area contributed by atoms with Gasteiger partial charge in [-0.3, -0.25) is 4.79 Å². The monoisotopic (exact) mass is 215 g/mol. The maximum absolute atomic E-state index is 11.8. The molecule has 0 aromatic heterocycles. The zero-order valence-corrected chi connectivity index (χ0v) is 9.57. The lowest BCUT2D eigenvalue weighted by Crippen LogP contribution is -2.33. The third-order valence-electron chi connectivity index (χ3n) is 2.93. The van der Waals surface area contributed by atoms with Crippen LogP contribution in [0, 0.1) is 5.41 Å². The van der Waals surface area contributed by atoms with Crippen molar-refractivity contribution in [2.24, 2.45) is 5.41 Å². The van der Waals surface area contributed by atoms with Gasteiger partial charge in [0, 0.05) is 26.1 Å². The molecule has 1 atom stereocenters. The van der Waals surface area contributed by atoms with Crippen LogP contribution in [0.2, 0.25) is 0 Å². The van der Waals surface area contributed by atoms with Crippen LogP contribution >= 0.6 is 0 Å². The number of carbonyl (C=O) groups excluding carboxylic acids is 1. The fourth-order valence-electron chi connectivity index (χ4n) is 1.88. The van der Waals surface area contributed by atoms with Gasteiger partial charge in [-0.15, -0.1) is 0 Å². The lowest BCUT2D eigenvalue weighted by Gasteiger charge is -2.26. The molecule has 1 amide bonds. The van der Waals surface area contributed by atoms with Crippen LogP contribution in [0.5, 0.6) is 0 Å². The molecule has 1 fully saturated rings. The van der Waals surface area contributed by atoms with Crippen molar-refractivity contribution in [3.8, 4) is 0 Å². The Balaban J connectivity index is 2.41. The van der Waals surface area contributed by atoms with Crippen molar-refractivity contribution in [1.82, 2.24) is 4.90 Å². The molecule has 1 aliphatic rings. The van der Waals surface area contributed by atoms with Crippen LogP contribution in [0.3, 0.4) is 0 Å². The SMILES string of the molecule is CC(C)(CCO)CC(=O)N1CC[C@@H](O)C1. The summed E-state index contributed by atoms with van der Waals surface area (Å²) in [6.45, 7) is 5.20. The first kappa shape index (κ1) is 12.5. The third kappa shape index (κ3) is 3.80. The second kappa shape index (κ2) is 4.94. The molecular formula is C11H21NO3. The minimum absolute atomic E-state index is 0.0880. The van der Waals surface area contributed by atoms with Crippen molar-refractivity contribution < 1.29 is 15.0 Å². The lowest BCUT2D eigenvalue weighted by atomic mass is 9.85. The van der Waals surface area contributed by atoms with E-state index in [0.29, 0.717) is 32.4 Å². The molecule has 0 saturated carbocycles. The van der Waals surface area contributed by atoms with Crippen molar-refractivity contribution in [2.75, 3.05) is 19.7 Å². The first-order valence-electron chi connectivity index (χ1n) is 5.51. The molecule has 4 nitrogen and oxygen atoms in total. The minimum Gasteiger partial charge on any atom is -0.396 e. The molecular weight excluding hydrogens is 194 g/mol. The van der Waals surface area contributed by atoms with Crippen LogP contribution in [0.4, 0.5) is 0 Å². The average molecular weight is 215 g/mol. The maximum Gasteiger partial charge on any atom is 0.223 e. The normalized spacial score (nSPS) is 22.1. The molecule has 1 heterocycles. The van der Waals surface area contributed by atoms with Crippen molar-refractivity contribution in [3.63, 3.8) is 0 Å². The molecule has 2 N–H and O–H groups in total. The van der Waals surface area contributed by atoms with E-state index in [2.05, 4.69) is 0 Å². The average Bonchev–Trinajstić information content (AvgIpc) is 2.50. The largest absolute Gasteiger partial charge is 0.396 e. The van der Waals surface area contributed by atoms with Gasteiger partial charge in [-0.05, 0) is 18.3 Å². The minimum atomic E-state index is -0.352. The van der Waals surface area contributed by atoms with Gasteiger partial charge in [0.05, 0.1) is 6.10 Å². The fraction of sp³-hybridized carbons (Fsp3) is 0.909. The Hall–Kier alpha value is -0.610. The Kier molecular flexibility index (Phi) is 4.11. The van der Waals surface area contributed by atoms with Gasteiger partial charge >= 0.3 is 0 Å². The van der Waals surface area contributed by atoms with Crippen molar-refractivity contribution >= 4 is 5.91 Å². The summed E-state index contributed by atoms with van der Waals surface area (Å²) in [5.74, 6) is 0.0880. The van der Waals surface area contributed by atoms with E-state index in [9.17, 15) is 9.90 Å². The highest BCUT2D eigenvalue weighted by Gasteiger charge is 2.29. The second-order valence-corrected chi connectivity index (χ2v) is 5.10. The Morgan fingerprint density at radius 2 is 2.20 bits per heavy atom. The van der Waals surface area contributed by atoms with E-state index in [4.69, 9.17) is 5.11 Å². The summed E-state index contributed by atoms with van der Waals surface area (Å²) >= 11 is 0. The van der Waals surface area contributed by atoms with Crippen LogP contribution in [-0.2, 0) is 4.79 Å². The predicted octanol–water partition coefficient (Wildman–Crippen LogP) is 0.378. The topological polar surface area (TPSA) is 60.8 Å². The van der Waals surface area contributed by atoms with Crippen LogP contribution in [0.15, 0.2) is 0 Å². The zero-order chi connectivity index (χ0) is 11.5. The predicted molar refractivity (Wildman–Crippen MR) is 57.3 cm³/mol. The molecule has 4 heteroatoms. The second-order valence-electron chi connectivity index (χ2n) is 5.10. The molecule has 0 aromatic rings. The molecule has 0 radical (unpaired) electrons. The van der Waals surface area contributed by atoms with E-state index in [-0.39, 0.29) is 24.0 Å². The van der Waals surface area contributed by atoms with Gasteiger partial charge < -0.3 is 15.1 Å². The first-order valence-corrected chi connectivity index (χ1v) is 5.51. The van der Waals surface area contributed by atoms with Gasteiger partial charge in [-0.1, -0.05) is 13.8 Å². The number of β-amino-alcohol motifs (C(OH)–C–C–N with tert-alkyl or cyclic N) is 1. The Morgan fingerprint density at radius 3 is 2.67 bits per heavy atom. The Morgan fingerprint density at radius 1 is 1.53 bits per heavy atom. The molecule has 1 aliphatic heterocycles. The van der Waals surface area contributed by atoms with Crippen LogP contribution < -0.4 is 0 Å². The van der Waals surface area contributed by atoms with Crippen LogP contribution in [-0.4, -0.2) is 46.8 Å². The highest BCUT2D eigenvalue weighted by atomic mass is 16.3. The van der Waals surface area contributed by atoms with Crippen molar-refractivity contribution in [1.29, 1.82) is 0 Å². The number of rotatable bonds is 4. The summed E-state index contributed by atoms with van der Waals surface area (Å²) in [4.78, 5) is 13.5. The molecule has 88 valence electrons. The lowest BCUT2D eigenvalue weighted by molar-refractivity contribution is -0.132. The van der Waals surface area contributed by atoms with Gasteiger partial charge in [0.2, 0.25) is 5.91 Å². The van der Waals surface area contributed by atoms with Gasteiger partial charge in [0.1, 0.15) is 0 Å². The van der Waals surface area contributed by atoms with Gasteiger partial charge in [0.25, 0.3) is 0 Å². The summed E-state index contributed by atoms with van der Waals surface area (Å²) in [6.07, 6.45) is 1.41. The summed E-state index contributed by atoms with van der Waals surface area (Å²) in [7, 11) is 0. The van der Waals surface area contributed by atoms with E-state index in [1.165, 1.54) is 0 Å².